The smallest absolute Gasteiger partial charge is 0.225 e. The van der Waals surface area contributed by atoms with Gasteiger partial charge in [0.2, 0.25) is 5.91 Å². The van der Waals surface area contributed by atoms with Crippen molar-refractivity contribution in [1.82, 2.24) is 24.3 Å². The average Bonchev–Trinajstić information content (AvgIpc) is 3.50. The van der Waals surface area contributed by atoms with E-state index >= 15 is 0 Å². The van der Waals surface area contributed by atoms with Crippen molar-refractivity contribution < 1.29 is 4.79 Å². The quantitative estimate of drug-likeness (QED) is 0.379. The molecule has 2 aliphatic heterocycles. The first-order valence-corrected chi connectivity index (χ1v) is 14.2. The molecule has 2 aliphatic rings. The molecule has 1 amide bonds. The van der Waals surface area contributed by atoms with Gasteiger partial charge in [0.1, 0.15) is 5.82 Å². The molecule has 0 aliphatic carbocycles. The van der Waals surface area contributed by atoms with Gasteiger partial charge in [-0.05, 0) is 37.0 Å². The van der Waals surface area contributed by atoms with Crippen LogP contribution in [0.5, 0.6) is 0 Å². The molecule has 4 heterocycles. The zero-order chi connectivity index (χ0) is 25.0. The lowest BCUT2D eigenvalue weighted by Gasteiger charge is -2.33. The number of carbonyl (C=O) groups is 1. The molecule has 0 unspecified atom stereocenters. The Kier molecular flexibility index (Phi) is 7.19. The molecule has 8 heteroatoms. The number of nitrogens with zero attached hydrogens (tertiary/aromatic N) is 6. The third-order valence-electron chi connectivity index (χ3n) is 7.66. The van der Waals surface area contributed by atoms with E-state index in [0.29, 0.717) is 5.91 Å². The summed E-state index contributed by atoms with van der Waals surface area (Å²) in [6.45, 7) is 7.02. The highest BCUT2D eigenvalue weighted by molar-refractivity contribution is 7.22. The number of aromatic nitrogens is 3. The van der Waals surface area contributed by atoms with Crippen LogP contribution in [0.4, 0.5) is 5.13 Å². The number of hydrogen-bond donors (Lipinski definition) is 0. The number of para-hydroxylation sites is 1. The first kappa shape index (κ1) is 24.1. The molecule has 2 aromatic carbocycles. The van der Waals surface area contributed by atoms with Gasteiger partial charge in [0.25, 0.3) is 0 Å². The third kappa shape index (κ3) is 5.55. The lowest BCUT2D eigenvalue weighted by atomic mass is 9.95. The van der Waals surface area contributed by atoms with Crippen molar-refractivity contribution in [2.24, 2.45) is 5.92 Å². The second-order valence-corrected chi connectivity index (χ2v) is 11.1. The molecule has 37 heavy (non-hydrogen) atoms. The molecule has 0 N–H and O–H groups in total. The van der Waals surface area contributed by atoms with Crippen molar-refractivity contribution in [2.75, 3.05) is 44.2 Å². The zero-order valence-corrected chi connectivity index (χ0v) is 22.0. The monoisotopic (exact) mass is 514 g/mol. The van der Waals surface area contributed by atoms with Gasteiger partial charge in [0.05, 0.1) is 16.8 Å². The minimum absolute atomic E-state index is 0.127. The molecule has 6 rings (SSSR count). The minimum atomic E-state index is 0.127. The van der Waals surface area contributed by atoms with Gasteiger partial charge in [0, 0.05) is 64.1 Å². The summed E-state index contributed by atoms with van der Waals surface area (Å²) in [6, 6.07) is 18.8. The number of carbonyl (C=O) groups excluding carboxylic acids is 1. The molecule has 7 nitrogen and oxygen atoms in total. The van der Waals surface area contributed by atoms with Crippen LogP contribution in [0.1, 0.15) is 30.7 Å². The summed E-state index contributed by atoms with van der Waals surface area (Å²) in [5, 5.41) is 1.09. The summed E-state index contributed by atoms with van der Waals surface area (Å²) in [4.78, 5) is 29.8. The fourth-order valence-electron chi connectivity index (χ4n) is 5.54. The topological polar surface area (TPSA) is 57.5 Å². The number of amides is 1. The summed E-state index contributed by atoms with van der Waals surface area (Å²) in [5.74, 6) is 1.56. The molecule has 0 saturated carbocycles. The standard InChI is InChI=1S/C29H34N6OS/c36-28(24-11-16-34(17-12-24)29-31-25-9-4-5-10-26(25)37-29)33-15-6-14-32(19-20-33)22-27-30-13-18-35(27)21-23-7-2-1-3-8-23/h1-5,7-10,13,18,24H,6,11-12,14-17,19-22H2. The largest absolute Gasteiger partial charge is 0.348 e. The summed E-state index contributed by atoms with van der Waals surface area (Å²) < 4.78 is 3.47. The highest BCUT2D eigenvalue weighted by Gasteiger charge is 2.30. The number of fused-ring (bicyclic) bond motifs is 1. The Bertz CT molecular complexity index is 1290. The molecule has 0 atom stereocenters. The summed E-state index contributed by atoms with van der Waals surface area (Å²) in [5.41, 5.74) is 2.35. The first-order valence-electron chi connectivity index (χ1n) is 13.4. The van der Waals surface area contributed by atoms with Crippen molar-refractivity contribution >= 4 is 32.6 Å². The number of rotatable bonds is 6. The zero-order valence-electron chi connectivity index (χ0n) is 21.2. The van der Waals surface area contributed by atoms with Crippen LogP contribution >= 0.6 is 11.3 Å². The van der Waals surface area contributed by atoms with Crippen LogP contribution in [-0.2, 0) is 17.9 Å². The second kappa shape index (κ2) is 11.0. The molecule has 2 aromatic heterocycles. The maximum atomic E-state index is 13.4. The van der Waals surface area contributed by atoms with Gasteiger partial charge in [-0.15, -0.1) is 0 Å². The lowest BCUT2D eigenvalue weighted by molar-refractivity contribution is -0.136. The van der Waals surface area contributed by atoms with E-state index in [1.54, 1.807) is 11.3 Å². The van der Waals surface area contributed by atoms with E-state index in [-0.39, 0.29) is 5.92 Å². The van der Waals surface area contributed by atoms with Crippen LogP contribution in [0.15, 0.2) is 67.0 Å². The Morgan fingerprint density at radius 2 is 1.70 bits per heavy atom. The van der Waals surface area contributed by atoms with Crippen LogP contribution in [0, 0.1) is 5.92 Å². The van der Waals surface area contributed by atoms with E-state index in [9.17, 15) is 4.79 Å². The second-order valence-electron chi connectivity index (χ2n) is 10.1. The third-order valence-corrected chi connectivity index (χ3v) is 8.76. The number of thiazole rings is 1. The number of anilines is 1. The predicted molar refractivity (Wildman–Crippen MR) is 149 cm³/mol. The molecule has 0 radical (unpaired) electrons. The van der Waals surface area contributed by atoms with Crippen molar-refractivity contribution in [3.8, 4) is 0 Å². The van der Waals surface area contributed by atoms with Crippen molar-refractivity contribution in [2.45, 2.75) is 32.4 Å². The SMILES string of the molecule is O=C(C1CCN(c2nc3ccccc3s2)CC1)N1CCCN(Cc2nccn2Cc2ccccc2)CC1. The van der Waals surface area contributed by atoms with Gasteiger partial charge in [-0.25, -0.2) is 9.97 Å². The molecule has 192 valence electrons. The van der Waals surface area contributed by atoms with Gasteiger partial charge in [0.15, 0.2) is 5.13 Å². The minimum Gasteiger partial charge on any atom is -0.348 e. The number of imidazole rings is 1. The van der Waals surface area contributed by atoms with E-state index in [0.717, 1.165) is 88.1 Å². The molecule has 0 spiro atoms. The Morgan fingerprint density at radius 3 is 2.54 bits per heavy atom. The summed E-state index contributed by atoms with van der Waals surface area (Å²) in [7, 11) is 0. The highest BCUT2D eigenvalue weighted by atomic mass is 32.1. The van der Waals surface area contributed by atoms with Crippen LogP contribution in [0.25, 0.3) is 10.2 Å². The number of benzene rings is 2. The van der Waals surface area contributed by atoms with Crippen molar-refractivity contribution in [1.29, 1.82) is 0 Å². The van der Waals surface area contributed by atoms with Crippen LogP contribution in [0.3, 0.4) is 0 Å². The van der Waals surface area contributed by atoms with Crippen molar-refractivity contribution in [3.05, 3.63) is 78.4 Å². The normalized spacial score (nSPS) is 17.8. The van der Waals surface area contributed by atoms with Gasteiger partial charge >= 0.3 is 0 Å². The van der Waals surface area contributed by atoms with Crippen molar-refractivity contribution in [3.63, 3.8) is 0 Å². The van der Waals surface area contributed by atoms with Crippen LogP contribution in [-0.4, -0.2) is 69.5 Å². The molecule has 2 saturated heterocycles. The fraction of sp³-hybridized carbons (Fsp3) is 0.414. The Labute approximate surface area is 222 Å². The summed E-state index contributed by atoms with van der Waals surface area (Å²) >= 11 is 1.75. The highest BCUT2D eigenvalue weighted by Crippen LogP contribution is 2.32. The number of piperidine rings is 1. The maximum absolute atomic E-state index is 13.4. The van der Waals surface area contributed by atoms with E-state index in [2.05, 4.69) is 79.0 Å². The van der Waals surface area contributed by atoms with E-state index in [1.807, 2.05) is 12.3 Å². The van der Waals surface area contributed by atoms with Crippen LogP contribution < -0.4 is 4.90 Å². The lowest BCUT2D eigenvalue weighted by Crippen LogP contribution is -2.44. The van der Waals surface area contributed by atoms with Gasteiger partial charge < -0.3 is 14.4 Å². The average molecular weight is 515 g/mol. The molecule has 4 aromatic rings. The molecule has 0 bridgehead atoms. The Hall–Kier alpha value is -3.23. The molecule has 2 fully saturated rings. The predicted octanol–water partition coefficient (Wildman–Crippen LogP) is 4.49. The summed E-state index contributed by atoms with van der Waals surface area (Å²) in [6.07, 6.45) is 6.79. The molecular formula is C29H34N6OS. The van der Waals surface area contributed by atoms with E-state index < -0.39 is 0 Å². The Morgan fingerprint density at radius 1 is 0.892 bits per heavy atom. The van der Waals surface area contributed by atoms with Gasteiger partial charge in [-0.2, -0.15) is 0 Å². The fourth-order valence-corrected chi connectivity index (χ4v) is 6.55. The van der Waals surface area contributed by atoms with Gasteiger partial charge in [-0.1, -0.05) is 53.8 Å². The van der Waals surface area contributed by atoms with Crippen LogP contribution in [0.2, 0.25) is 0 Å². The first-order chi connectivity index (χ1) is 18.2. The van der Waals surface area contributed by atoms with E-state index in [1.165, 1.54) is 10.3 Å². The molecular weight excluding hydrogens is 480 g/mol. The van der Waals surface area contributed by atoms with Gasteiger partial charge in [-0.3, -0.25) is 9.69 Å². The number of hydrogen-bond acceptors (Lipinski definition) is 6. The van der Waals surface area contributed by atoms with E-state index in [4.69, 9.17) is 4.98 Å². The maximum Gasteiger partial charge on any atom is 0.225 e. The Balaban J connectivity index is 1.01.